The Morgan fingerprint density at radius 1 is 1.03 bits per heavy atom. The number of piperidine rings is 1. The predicted molar refractivity (Wildman–Crippen MR) is 107 cm³/mol. The molecule has 0 saturated carbocycles. The van der Waals surface area contributed by atoms with Gasteiger partial charge in [0.2, 0.25) is 0 Å². The third-order valence-electron chi connectivity index (χ3n) is 5.63. The Balaban J connectivity index is 1.92. The molecule has 29 heavy (non-hydrogen) atoms. The van der Waals surface area contributed by atoms with E-state index in [1.807, 2.05) is 12.1 Å². The molecular formula is C23H26F3NO2. The summed E-state index contributed by atoms with van der Waals surface area (Å²) in [6.45, 7) is 4.71. The van der Waals surface area contributed by atoms with E-state index in [4.69, 9.17) is 4.74 Å². The first-order valence-corrected chi connectivity index (χ1v) is 9.82. The van der Waals surface area contributed by atoms with Gasteiger partial charge in [0.05, 0.1) is 24.6 Å². The van der Waals surface area contributed by atoms with E-state index in [-0.39, 0.29) is 17.9 Å². The molecule has 156 valence electrons. The van der Waals surface area contributed by atoms with Crippen molar-refractivity contribution < 1.29 is 22.7 Å². The zero-order chi connectivity index (χ0) is 21.2. The van der Waals surface area contributed by atoms with E-state index in [0.29, 0.717) is 25.3 Å². The molecule has 0 N–H and O–H groups in total. The lowest BCUT2D eigenvalue weighted by Crippen LogP contribution is -2.41. The number of hydrogen-bond donors (Lipinski definition) is 0. The molecule has 0 bridgehead atoms. The zero-order valence-electron chi connectivity index (χ0n) is 16.9. The maximum atomic E-state index is 12.9. The number of benzene rings is 2. The molecule has 1 aliphatic rings. The van der Waals surface area contributed by atoms with Crippen molar-refractivity contribution in [3.63, 3.8) is 0 Å². The van der Waals surface area contributed by atoms with Crippen LogP contribution in [-0.4, -0.2) is 19.6 Å². The molecule has 3 rings (SSSR count). The molecule has 0 spiro atoms. The van der Waals surface area contributed by atoms with Crippen molar-refractivity contribution in [3.8, 4) is 0 Å². The molecule has 0 aromatic heterocycles. The Morgan fingerprint density at radius 2 is 1.66 bits per heavy atom. The van der Waals surface area contributed by atoms with Crippen LogP contribution in [0.15, 0.2) is 48.5 Å². The Morgan fingerprint density at radius 3 is 2.17 bits per heavy atom. The highest BCUT2D eigenvalue weighted by Crippen LogP contribution is 2.39. The van der Waals surface area contributed by atoms with Crippen molar-refractivity contribution in [2.75, 3.05) is 18.6 Å². The van der Waals surface area contributed by atoms with Crippen LogP contribution in [0.2, 0.25) is 0 Å². The lowest BCUT2D eigenvalue weighted by atomic mass is 9.88. The summed E-state index contributed by atoms with van der Waals surface area (Å²) >= 11 is 0. The van der Waals surface area contributed by atoms with Crippen LogP contribution in [-0.2, 0) is 15.7 Å². The highest BCUT2D eigenvalue weighted by Gasteiger charge is 2.35. The lowest BCUT2D eigenvalue weighted by Gasteiger charge is -2.41. The Hall–Kier alpha value is -2.50. The minimum Gasteiger partial charge on any atom is -0.469 e. The topological polar surface area (TPSA) is 29.5 Å². The van der Waals surface area contributed by atoms with Gasteiger partial charge in [-0.15, -0.1) is 0 Å². The van der Waals surface area contributed by atoms with Crippen molar-refractivity contribution in [1.29, 1.82) is 0 Å². The number of ether oxygens (including phenoxy) is 1. The number of carbonyl (C=O) groups is 1. The summed E-state index contributed by atoms with van der Waals surface area (Å²) in [4.78, 5) is 14.2. The summed E-state index contributed by atoms with van der Waals surface area (Å²) in [7, 11) is 1.38. The zero-order valence-corrected chi connectivity index (χ0v) is 16.9. The van der Waals surface area contributed by atoms with E-state index in [2.05, 4.69) is 30.9 Å². The van der Waals surface area contributed by atoms with Crippen LogP contribution >= 0.6 is 0 Å². The third-order valence-corrected chi connectivity index (χ3v) is 5.63. The van der Waals surface area contributed by atoms with Gasteiger partial charge in [0, 0.05) is 12.2 Å². The Kier molecular flexibility index (Phi) is 6.20. The number of hydrogen-bond acceptors (Lipinski definition) is 3. The molecular weight excluding hydrogens is 379 g/mol. The predicted octanol–water partition coefficient (Wildman–Crippen LogP) is 5.96. The summed E-state index contributed by atoms with van der Waals surface area (Å²) in [6.07, 6.45) is -3.05. The van der Waals surface area contributed by atoms with Crippen LogP contribution in [0.5, 0.6) is 0 Å². The first-order chi connectivity index (χ1) is 13.7. The van der Waals surface area contributed by atoms with Crippen molar-refractivity contribution in [1.82, 2.24) is 0 Å². The van der Waals surface area contributed by atoms with E-state index in [0.717, 1.165) is 23.4 Å². The molecule has 1 fully saturated rings. The molecule has 0 amide bonds. The maximum absolute atomic E-state index is 12.9. The van der Waals surface area contributed by atoms with Gasteiger partial charge in [0.15, 0.2) is 0 Å². The number of methoxy groups -OCH3 is 1. The van der Waals surface area contributed by atoms with Crippen LogP contribution < -0.4 is 4.90 Å². The molecule has 1 heterocycles. The number of esters is 1. The van der Waals surface area contributed by atoms with E-state index in [1.165, 1.54) is 12.7 Å². The van der Waals surface area contributed by atoms with Crippen LogP contribution in [0.25, 0.3) is 0 Å². The van der Waals surface area contributed by atoms with Crippen LogP contribution in [0.3, 0.4) is 0 Å². The van der Waals surface area contributed by atoms with Crippen molar-refractivity contribution in [2.24, 2.45) is 5.92 Å². The lowest BCUT2D eigenvalue weighted by molar-refractivity contribution is -0.146. The van der Waals surface area contributed by atoms with E-state index >= 15 is 0 Å². The molecule has 2 aromatic carbocycles. The van der Waals surface area contributed by atoms with Crippen molar-refractivity contribution in [3.05, 3.63) is 65.2 Å². The number of alkyl halides is 3. The van der Waals surface area contributed by atoms with Crippen molar-refractivity contribution >= 4 is 11.7 Å². The van der Waals surface area contributed by atoms with Gasteiger partial charge in [-0.1, -0.05) is 38.1 Å². The quantitative estimate of drug-likeness (QED) is 0.588. The summed E-state index contributed by atoms with van der Waals surface area (Å²) < 4.78 is 43.7. The van der Waals surface area contributed by atoms with Crippen molar-refractivity contribution in [2.45, 2.75) is 44.8 Å². The molecule has 2 aromatic rings. The second-order valence-electron chi connectivity index (χ2n) is 7.83. The van der Waals surface area contributed by atoms with Gasteiger partial charge in [-0.25, -0.2) is 0 Å². The fourth-order valence-corrected chi connectivity index (χ4v) is 3.91. The molecule has 3 nitrogen and oxygen atoms in total. The normalized spacial score (nSPS) is 20.0. The van der Waals surface area contributed by atoms with Gasteiger partial charge < -0.3 is 9.64 Å². The van der Waals surface area contributed by atoms with Gasteiger partial charge in [0.1, 0.15) is 0 Å². The van der Waals surface area contributed by atoms with Gasteiger partial charge in [-0.05, 0) is 54.2 Å². The number of rotatable bonds is 4. The minimum atomic E-state index is -4.35. The number of nitrogens with zero attached hydrogens (tertiary/aromatic N) is 1. The summed E-state index contributed by atoms with van der Waals surface area (Å²) in [5.41, 5.74) is 2.32. The fraction of sp³-hybridized carbons (Fsp3) is 0.435. The van der Waals surface area contributed by atoms with Crippen LogP contribution in [0, 0.1) is 5.92 Å². The van der Waals surface area contributed by atoms with E-state index < -0.39 is 11.7 Å². The van der Waals surface area contributed by atoms with Crippen LogP contribution in [0.1, 0.15) is 55.3 Å². The largest absolute Gasteiger partial charge is 0.469 e. The van der Waals surface area contributed by atoms with Gasteiger partial charge in [0.25, 0.3) is 0 Å². The number of carbonyl (C=O) groups excluding carboxylic acids is 1. The molecule has 0 unspecified atom stereocenters. The van der Waals surface area contributed by atoms with Crippen LogP contribution in [0.4, 0.5) is 18.9 Å². The SMILES string of the molecule is COC(=O)[C@@H]1CC[C@H](c2ccc(C(F)(F)F)cc2)N(c2ccc(C(C)C)cc2)C1. The summed E-state index contributed by atoms with van der Waals surface area (Å²) in [5.74, 6) is -0.103. The van der Waals surface area contributed by atoms with E-state index in [9.17, 15) is 18.0 Å². The molecule has 0 radical (unpaired) electrons. The fourth-order valence-electron chi connectivity index (χ4n) is 3.91. The molecule has 0 aliphatic carbocycles. The highest BCUT2D eigenvalue weighted by molar-refractivity contribution is 5.73. The van der Waals surface area contributed by atoms with Gasteiger partial charge in [-0.3, -0.25) is 4.79 Å². The first kappa shape index (κ1) is 21.2. The molecule has 2 atom stereocenters. The third kappa shape index (κ3) is 4.74. The Labute approximate surface area is 169 Å². The number of halogens is 3. The average molecular weight is 405 g/mol. The maximum Gasteiger partial charge on any atom is 0.416 e. The second kappa shape index (κ2) is 8.47. The molecule has 6 heteroatoms. The monoisotopic (exact) mass is 405 g/mol. The smallest absolute Gasteiger partial charge is 0.416 e. The van der Waals surface area contributed by atoms with Gasteiger partial charge in [-0.2, -0.15) is 13.2 Å². The summed E-state index contributed by atoms with van der Waals surface area (Å²) in [5, 5.41) is 0. The second-order valence-corrected chi connectivity index (χ2v) is 7.83. The highest BCUT2D eigenvalue weighted by atomic mass is 19.4. The Bertz CT molecular complexity index is 829. The summed E-state index contributed by atoms with van der Waals surface area (Å²) in [6, 6.07) is 13.4. The number of anilines is 1. The average Bonchev–Trinajstić information content (AvgIpc) is 2.72. The van der Waals surface area contributed by atoms with E-state index in [1.54, 1.807) is 12.1 Å². The first-order valence-electron chi connectivity index (χ1n) is 9.82. The van der Waals surface area contributed by atoms with Gasteiger partial charge >= 0.3 is 12.1 Å². The standard InChI is InChI=1S/C23H26F3NO2/c1-15(2)16-6-11-20(12-7-16)27-14-18(22(28)29-3)8-13-21(27)17-4-9-19(10-5-17)23(24,25)26/h4-7,9-12,15,18,21H,8,13-14H2,1-3H3/t18-,21-/m1/s1. The minimum absolute atomic E-state index is 0.0944. The molecule has 1 aliphatic heterocycles. The molecule has 1 saturated heterocycles.